The average molecular weight is 426 g/mol. The first-order valence-corrected chi connectivity index (χ1v) is 8.10. The summed E-state index contributed by atoms with van der Waals surface area (Å²) in [7, 11) is 0. The summed E-state index contributed by atoms with van der Waals surface area (Å²) in [5.41, 5.74) is 6.65. The van der Waals surface area contributed by atoms with Crippen LogP contribution in [0.3, 0.4) is 0 Å². The molecule has 0 saturated heterocycles. The Hall–Kier alpha value is -2.33. The normalized spacial score (nSPS) is 14.2. The molecule has 11 heteroatoms. The van der Waals surface area contributed by atoms with E-state index in [0.717, 1.165) is 0 Å². The molecule has 156 valence electrons. The van der Waals surface area contributed by atoms with Gasteiger partial charge in [-0.3, -0.25) is 9.59 Å². The summed E-state index contributed by atoms with van der Waals surface area (Å²) < 4.78 is 54.3. The number of amides is 2. The maximum atomic E-state index is 12.5. The zero-order chi connectivity index (χ0) is 20.0. The molecular weight excluding hydrogens is 406 g/mol. The zero-order valence-electron chi connectivity index (χ0n) is 14.7. The molecule has 0 unspecified atom stereocenters. The molecule has 2 amide bonds. The Morgan fingerprint density at radius 3 is 2.68 bits per heavy atom. The van der Waals surface area contributed by atoms with Crippen LogP contribution in [0.15, 0.2) is 30.1 Å². The summed E-state index contributed by atoms with van der Waals surface area (Å²) in [6.07, 6.45) is -3.72. The first-order valence-electron chi connectivity index (χ1n) is 8.10. The molecule has 0 radical (unpaired) electrons. The van der Waals surface area contributed by atoms with Gasteiger partial charge < -0.3 is 20.7 Å². The van der Waals surface area contributed by atoms with Crippen LogP contribution in [-0.2, 0) is 11.2 Å². The fourth-order valence-corrected chi connectivity index (χ4v) is 2.49. The quantitative estimate of drug-likeness (QED) is 0.654. The number of carbonyl (C=O) groups excluding carboxylic acids is 2. The van der Waals surface area contributed by atoms with Crippen molar-refractivity contribution in [3.63, 3.8) is 0 Å². The van der Waals surface area contributed by atoms with Crippen LogP contribution < -0.4 is 15.8 Å². The summed E-state index contributed by atoms with van der Waals surface area (Å²) in [5, 5.41) is 1.74. The van der Waals surface area contributed by atoms with Gasteiger partial charge >= 0.3 is 6.18 Å². The third-order valence-corrected chi connectivity index (χ3v) is 3.91. The molecule has 6 nitrogen and oxygen atoms in total. The number of benzene rings is 1. The molecule has 1 aliphatic rings. The van der Waals surface area contributed by atoms with Crippen LogP contribution in [-0.4, -0.2) is 55.7 Å². The molecule has 0 saturated carbocycles. The van der Waals surface area contributed by atoms with Crippen molar-refractivity contribution < 1.29 is 31.9 Å². The summed E-state index contributed by atoms with van der Waals surface area (Å²) >= 11 is 0. The molecule has 1 aromatic carbocycles. The fraction of sp³-hybridized carbons (Fsp3) is 0.412. The predicted octanol–water partition coefficient (Wildman–Crippen LogP) is 1.98. The first-order chi connectivity index (χ1) is 12.7. The highest BCUT2D eigenvalue weighted by Gasteiger charge is 2.30. The van der Waals surface area contributed by atoms with E-state index in [4.69, 9.17) is 10.5 Å². The van der Waals surface area contributed by atoms with Crippen LogP contribution in [0.1, 0.15) is 15.9 Å². The van der Waals surface area contributed by atoms with E-state index in [1.54, 1.807) is 11.4 Å². The van der Waals surface area contributed by atoms with Gasteiger partial charge in [0.25, 0.3) is 5.91 Å². The van der Waals surface area contributed by atoms with Gasteiger partial charge in [-0.1, -0.05) is 0 Å². The molecule has 28 heavy (non-hydrogen) atoms. The molecule has 0 bridgehead atoms. The van der Waals surface area contributed by atoms with Crippen LogP contribution in [0.2, 0.25) is 0 Å². The topological polar surface area (TPSA) is 84.7 Å². The summed E-state index contributed by atoms with van der Waals surface area (Å²) in [4.78, 5) is 25.2. The number of nitrogens with zero attached hydrogens (tertiary/aromatic N) is 1. The van der Waals surface area contributed by atoms with Gasteiger partial charge in [0.1, 0.15) is 18.9 Å². The average Bonchev–Trinajstić information content (AvgIpc) is 2.62. The van der Waals surface area contributed by atoms with Crippen LogP contribution >= 0.6 is 12.4 Å². The van der Waals surface area contributed by atoms with Gasteiger partial charge in [-0.2, -0.15) is 13.2 Å². The van der Waals surface area contributed by atoms with E-state index >= 15 is 0 Å². The third kappa shape index (κ3) is 6.68. The number of carbonyl (C=O) groups is 2. The Balaban J connectivity index is 0.00000392. The molecule has 1 heterocycles. The number of nitrogens with one attached hydrogen (secondary N) is 1. The van der Waals surface area contributed by atoms with E-state index in [1.165, 1.54) is 17.0 Å². The van der Waals surface area contributed by atoms with Crippen molar-refractivity contribution in [2.45, 2.75) is 12.6 Å². The molecule has 3 N–H and O–H groups in total. The van der Waals surface area contributed by atoms with Gasteiger partial charge in [-0.25, -0.2) is 4.39 Å². The monoisotopic (exact) mass is 425 g/mol. The van der Waals surface area contributed by atoms with Gasteiger partial charge in [0.15, 0.2) is 0 Å². The number of fused-ring (bicyclic) bond motifs is 1. The summed E-state index contributed by atoms with van der Waals surface area (Å²) in [6, 6.07) is 4.67. The smallest absolute Gasteiger partial charge is 0.405 e. The Morgan fingerprint density at radius 1 is 1.36 bits per heavy atom. The second kappa shape index (κ2) is 10.3. The van der Waals surface area contributed by atoms with E-state index in [1.807, 2.05) is 0 Å². The van der Waals surface area contributed by atoms with Crippen LogP contribution in [0.5, 0.6) is 5.75 Å². The lowest BCUT2D eigenvalue weighted by molar-refractivity contribution is -0.138. The standard InChI is InChI=1S/C17H19F4N3O3.ClH/c18-6-11(7-22)9-27-13-1-2-14-12(5-13)3-4-24(16(14)26)8-15(25)23-10-17(19,20)21;/h1-2,5-6H,3-4,7-10,22H2,(H,23,25);1H/b11-6-;. The molecule has 1 aromatic rings. The van der Waals surface area contributed by atoms with E-state index in [-0.39, 0.29) is 37.7 Å². The highest BCUT2D eigenvalue weighted by Crippen LogP contribution is 2.24. The third-order valence-electron chi connectivity index (χ3n) is 3.91. The van der Waals surface area contributed by atoms with Gasteiger partial charge in [0.05, 0.1) is 12.9 Å². The van der Waals surface area contributed by atoms with Crippen molar-refractivity contribution in [3.8, 4) is 5.75 Å². The number of hydrogen-bond acceptors (Lipinski definition) is 4. The lowest BCUT2D eigenvalue weighted by Crippen LogP contribution is -2.45. The zero-order valence-corrected chi connectivity index (χ0v) is 15.5. The Kier molecular flexibility index (Phi) is 8.70. The maximum absolute atomic E-state index is 12.5. The number of ether oxygens (including phenoxy) is 1. The Bertz CT molecular complexity index is 741. The SMILES string of the molecule is Cl.NC/C(=C/F)COc1ccc2c(c1)CCN(CC(=O)NCC(F)(F)F)C2=O. The summed E-state index contributed by atoms with van der Waals surface area (Å²) in [5.74, 6) is -0.890. The predicted molar refractivity (Wildman–Crippen MR) is 96.1 cm³/mol. The number of rotatable bonds is 7. The van der Waals surface area contributed by atoms with Crippen molar-refractivity contribution >= 4 is 24.2 Å². The lowest BCUT2D eigenvalue weighted by Gasteiger charge is -2.28. The highest BCUT2D eigenvalue weighted by molar-refractivity contribution is 5.98. The molecule has 0 spiro atoms. The minimum atomic E-state index is -4.51. The minimum absolute atomic E-state index is 0. The minimum Gasteiger partial charge on any atom is -0.489 e. The molecule has 0 aromatic heterocycles. The van der Waals surface area contributed by atoms with Crippen molar-refractivity contribution in [2.24, 2.45) is 5.73 Å². The largest absolute Gasteiger partial charge is 0.489 e. The number of nitrogens with two attached hydrogens (primary N) is 1. The fourth-order valence-electron chi connectivity index (χ4n) is 2.49. The van der Waals surface area contributed by atoms with Crippen LogP contribution in [0.25, 0.3) is 0 Å². The van der Waals surface area contributed by atoms with Crippen molar-refractivity contribution in [2.75, 3.05) is 32.8 Å². The second-order valence-corrected chi connectivity index (χ2v) is 5.95. The van der Waals surface area contributed by atoms with Crippen LogP contribution in [0.4, 0.5) is 17.6 Å². The van der Waals surface area contributed by atoms with Crippen molar-refractivity contribution in [1.82, 2.24) is 10.2 Å². The van der Waals surface area contributed by atoms with E-state index < -0.39 is 31.1 Å². The number of halogens is 5. The van der Waals surface area contributed by atoms with E-state index in [2.05, 4.69) is 0 Å². The molecule has 0 atom stereocenters. The highest BCUT2D eigenvalue weighted by atomic mass is 35.5. The Morgan fingerprint density at radius 2 is 2.07 bits per heavy atom. The van der Waals surface area contributed by atoms with Crippen molar-refractivity contribution in [3.05, 3.63) is 41.2 Å². The van der Waals surface area contributed by atoms with Gasteiger partial charge in [-0.15, -0.1) is 12.4 Å². The summed E-state index contributed by atoms with van der Waals surface area (Å²) in [6.45, 7) is -1.71. The van der Waals surface area contributed by atoms with E-state index in [9.17, 15) is 27.2 Å². The molecule has 2 rings (SSSR count). The maximum Gasteiger partial charge on any atom is 0.405 e. The molecule has 0 fully saturated rings. The van der Waals surface area contributed by atoms with Crippen LogP contribution in [0, 0.1) is 0 Å². The molecule has 1 aliphatic heterocycles. The van der Waals surface area contributed by atoms with Gasteiger partial charge in [-0.05, 0) is 30.2 Å². The van der Waals surface area contributed by atoms with Gasteiger partial charge in [0.2, 0.25) is 5.91 Å². The number of hydrogen-bond donors (Lipinski definition) is 2. The first kappa shape index (κ1) is 23.7. The number of alkyl halides is 3. The second-order valence-electron chi connectivity index (χ2n) is 5.95. The lowest BCUT2D eigenvalue weighted by atomic mass is 9.98. The molecular formula is C17H20ClF4N3O3. The van der Waals surface area contributed by atoms with E-state index in [0.29, 0.717) is 29.6 Å². The Labute approximate surface area is 165 Å². The van der Waals surface area contributed by atoms with Gasteiger partial charge in [0, 0.05) is 24.2 Å². The molecule has 0 aliphatic carbocycles. The van der Waals surface area contributed by atoms with Crippen molar-refractivity contribution in [1.29, 1.82) is 0 Å².